The lowest BCUT2D eigenvalue weighted by atomic mass is 10.1. The lowest BCUT2D eigenvalue weighted by Gasteiger charge is -2.18. The van der Waals surface area contributed by atoms with Crippen LogP contribution in [0.1, 0.15) is 30.2 Å². The van der Waals surface area contributed by atoms with Crippen molar-refractivity contribution in [1.29, 1.82) is 0 Å². The van der Waals surface area contributed by atoms with Crippen molar-refractivity contribution in [3.8, 4) is 0 Å². The van der Waals surface area contributed by atoms with Crippen molar-refractivity contribution in [2.24, 2.45) is 0 Å². The predicted octanol–water partition coefficient (Wildman–Crippen LogP) is 5.27. The quantitative estimate of drug-likeness (QED) is 0.180. The van der Waals surface area contributed by atoms with Crippen LogP contribution in [0.4, 0.5) is 0 Å². The van der Waals surface area contributed by atoms with Crippen LogP contribution in [0.3, 0.4) is 0 Å². The molecule has 0 N–H and O–H groups in total. The first kappa shape index (κ1) is 21.1. The van der Waals surface area contributed by atoms with Crippen LogP contribution in [0.2, 0.25) is 0 Å². The van der Waals surface area contributed by atoms with Crippen LogP contribution in [0.25, 0.3) is 21.7 Å². The SMILES string of the molecule is CCOC(=O)C(Sc1nc2cc3ccccc3cc2c(=O)n1CC)c1cccc(C)c1. The van der Waals surface area contributed by atoms with E-state index in [-0.39, 0.29) is 11.5 Å². The standard InChI is InChI=1S/C25H24N2O3S/c1-4-27-23(28)20-14-17-10-6-7-11-18(17)15-21(20)26-25(27)31-22(24(29)30-5-2)19-12-8-9-16(3)13-19/h6-15,22H,4-5H2,1-3H3. The summed E-state index contributed by atoms with van der Waals surface area (Å²) >= 11 is 1.26. The van der Waals surface area contributed by atoms with Crippen molar-refractivity contribution in [3.63, 3.8) is 0 Å². The fourth-order valence-corrected chi connectivity index (χ4v) is 4.81. The van der Waals surface area contributed by atoms with Gasteiger partial charge in [0.1, 0.15) is 5.25 Å². The molecule has 158 valence electrons. The Balaban J connectivity index is 1.87. The van der Waals surface area contributed by atoms with Gasteiger partial charge in [-0.1, -0.05) is 65.9 Å². The zero-order valence-electron chi connectivity index (χ0n) is 17.8. The zero-order chi connectivity index (χ0) is 22.0. The maximum atomic E-state index is 13.3. The summed E-state index contributed by atoms with van der Waals surface area (Å²) in [6.07, 6.45) is 0. The van der Waals surface area contributed by atoms with E-state index in [4.69, 9.17) is 9.72 Å². The summed E-state index contributed by atoms with van der Waals surface area (Å²) in [5, 5.41) is 2.50. The molecule has 1 unspecified atom stereocenters. The number of aryl methyl sites for hydroxylation is 1. The molecule has 0 radical (unpaired) electrons. The number of hydrogen-bond acceptors (Lipinski definition) is 5. The number of esters is 1. The molecule has 1 aromatic heterocycles. The van der Waals surface area contributed by atoms with Gasteiger partial charge in [0, 0.05) is 6.54 Å². The smallest absolute Gasteiger partial charge is 0.324 e. The van der Waals surface area contributed by atoms with Crippen molar-refractivity contribution in [3.05, 3.63) is 82.1 Å². The van der Waals surface area contributed by atoms with E-state index in [9.17, 15) is 9.59 Å². The second kappa shape index (κ2) is 8.94. The summed E-state index contributed by atoms with van der Waals surface area (Å²) < 4.78 is 6.97. The fraction of sp³-hybridized carbons (Fsp3) is 0.240. The fourth-order valence-electron chi connectivity index (χ4n) is 3.67. The van der Waals surface area contributed by atoms with E-state index < -0.39 is 5.25 Å². The second-order valence-corrected chi connectivity index (χ2v) is 8.40. The van der Waals surface area contributed by atoms with E-state index in [0.717, 1.165) is 21.9 Å². The van der Waals surface area contributed by atoms with Gasteiger partial charge in [0.15, 0.2) is 5.16 Å². The number of ether oxygens (including phenoxy) is 1. The maximum absolute atomic E-state index is 13.3. The molecule has 4 aromatic rings. The van der Waals surface area contributed by atoms with Crippen LogP contribution in [0, 0.1) is 6.92 Å². The van der Waals surface area contributed by atoms with Crippen molar-refractivity contribution in [2.45, 2.75) is 37.7 Å². The molecule has 31 heavy (non-hydrogen) atoms. The number of aromatic nitrogens is 2. The van der Waals surface area contributed by atoms with Crippen molar-refractivity contribution in [2.75, 3.05) is 6.61 Å². The molecule has 5 nitrogen and oxygen atoms in total. The Morgan fingerprint density at radius 3 is 2.48 bits per heavy atom. The van der Waals surface area contributed by atoms with Crippen molar-refractivity contribution < 1.29 is 9.53 Å². The van der Waals surface area contributed by atoms with Gasteiger partial charge in [-0.25, -0.2) is 4.98 Å². The second-order valence-electron chi connectivity index (χ2n) is 7.32. The zero-order valence-corrected chi connectivity index (χ0v) is 18.6. The summed E-state index contributed by atoms with van der Waals surface area (Å²) in [6.45, 7) is 6.43. The first-order valence-electron chi connectivity index (χ1n) is 10.3. The Bertz CT molecular complexity index is 1330. The molecule has 3 aromatic carbocycles. The van der Waals surface area contributed by atoms with Gasteiger partial charge in [0.2, 0.25) is 0 Å². The van der Waals surface area contributed by atoms with E-state index in [1.807, 2.05) is 74.5 Å². The number of benzene rings is 3. The monoisotopic (exact) mass is 432 g/mol. The Labute approximate surface area is 185 Å². The Morgan fingerprint density at radius 2 is 1.81 bits per heavy atom. The van der Waals surface area contributed by atoms with Crippen LogP contribution < -0.4 is 5.56 Å². The summed E-state index contributed by atoms with van der Waals surface area (Å²) in [6, 6.07) is 19.5. The third-order valence-electron chi connectivity index (χ3n) is 5.17. The minimum absolute atomic E-state index is 0.104. The molecule has 0 saturated heterocycles. The molecule has 4 rings (SSSR count). The van der Waals surface area contributed by atoms with E-state index in [1.54, 1.807) is 11.5 Å². The highest BCUT2D eigenvalue weighted by Gasteiger charge is 2.26. The lowest BCUT2D eigenvalue weighted by Crippen LogP contribution is -2.24. The molecule has 1 heterocycles. The molecule has 0 aliphatic rings. The van der Waals surface area contributed by atoms with Crippen molar-refractivity contribution >= 4 is 39.4 Å². The number of nitrogens with zero attached hydrogens (tertiary/aromatic N) is 2. The van der Waals surface area contributed by atoms with Crippen LogP contribution in [0.5, 0.6) is 0 Å². The van der Waals surface area contributed by atoms with Gasteiger partial charge < -0.3 is 4.74 Å². The molecule has 0 spiro atoms. The summed E-state index contributed by atoms with van der Waals surface area (Å²) in [5.41, 5.74) is 2.41. The van der Waals surface area contributed by atoms with E-state index in [1.165, 1.54) is 11.8 Å². The van der Waals surface area contributed by atoms with E-state index in [0.29, 0.717) is 29.2 Å². The first-order chi connectivity index (χ1) is 15.0. The van der Waals surface area contributed by atoms with Crippen molar-refractivity contribution in [1.82, 2.24) is 9.55 Å². The number of hydrogen-bond donors (Lipinski definition) is 0. The predicted molar refractivity (Wildman–Crippen MR) is 126 cm³/mol. The van der Waals surface area contributed by atoms with Crippen LogP contribution in [-0.4, -0.2) is 22.1 Å². The van der Waals surface area contributed by atoms with Gasteiger partial charge in [-0.15, -0.1) is 0 Å². The van der Waals surface area contributed by atoms with Crippen LogP contribution >= 0.6 is 11.8 Å². The molecule has 6 heteroatoms. The summed E-state index contributed by atoms with van der Waals surface area (Å²) in [4.78, 5) is 30.9. The molecule has 0 amide bonds. The average Bonchev–Trinajstić information content (AvgIpc) is 2.76. The number of carbonyl (C=O) groups excluding carboxylic acids is 1. The highest BCUT2D eigenvalue weighted by atomic mass is 32.2. The number of fused-ring (bicyclic) bond motifs is 2. The minimum Gasteiger partial charge on any atom is -0.465 e. The molecule has 0 fully saturated rings. The molecule has 0 aliphatic carbocycles. The van der Waals surface area contributed by atoms with Gasteiger partial charge >= 0.3 is 5.97 Å². The Morgan fingerprint density at radius 1 is 1.06 bits per heavy atom. The minimum atomic E-state index is -0.609. The molecule has 1 atom stereocenters. The summed E-state index contributed by atoms with van der Waals surface area (Å²) in [7, 11) is 0. The van der Waals surface area contributed by atoms with E-state index in [2.05, 4.69) is 0 Å². The number of thioether (sulfide) groups is 1. The van der Waals surface area contributed by atoms with Gasteiger partial charge in [0.25, 0.3) is 5.56 Å². The molecular weight excluding hydrogens is 408 g/mol. The van der Waals surface area contributed by atoms with Crippen LogP contribution in [0.15, 0.2) is 70.6 Å². The molecular formula is C25H24N2O3S. The third-order valence-corrected chi connectivity index (χ3v) is 6.39. The topological polar surface area (TPSA) is 61.2 Å². The average molecular weight is 433 g/mol. The molecule has 0 saturated carbocycles. The van der Waals surface area contributed by atoms with Crippen LogP contribution in [-0.2, 0) is 16.1 Å². The van der Waals surface area contributed by atoms with Gasteiger partial charge in [-0.2, -0.15) is 0 Å². The lowest BCUT2D eigenvalue weighted by molar-refractivity contribution is -0.142. The third kappa shape index (κ3) is 4.21. The Kier molecular flexibility index (Phi) is 6.09. The molecule has 0 aliphatic heterocycles. The first-order valence-corrected chi connectivity index (χ1v) is 11.2. The largest absolute Gasteiger partial charge is 0.465 e. The van der Waals surface area contributed by atoms with Gasteiger partial charge in [0.05, 0.1) is 17.5 Å². The normalized spacial score (nSPS) is 12.2. The van der Waals surface area contributed by atoms with Gasteiger partial charge in [-0.05, 0) is 49.2 Å². The van der Waals surface area contributed by atoms with Gasteiger partial charge in [-0.3, -0.25) is 14.2 Å². The Hall–Kier alpha value is -3.12. The number of rotatable bonds is 6. The maximum Gasteiger partial charge on any atom is 0.324 e. The molecule has 0 bridgehead atoms. The van der Waals surface area contributed by atoms with E-state index >= 15 is 0 Å². The number of carbonyl (C=O) groups is 1. The highest BCUT2D eigenvalue weighted by molar-refractivity contribution is 8.00. The summed E-state index contributed by atoms with van der Waals surface area (Å²) in [5.74, 6) is -0.339. The highest BCUT2D eigenvalue weighted by Crippen LogP contribution is 2.36.